The standard InChI is InChI=1S/C23H30N4O3S3/c1-15-7-9-27(33(28,29)20-6-5-19(32-20)12-30-4)10-8-18(15)11-17(3)26-23-22-21(24-14-25-23)16(2)13-31-22/h5-6,13-14,17-18H,1,7-12H2,2-4H3,(H,24,25,26)/t17-,18?/m0/s1. The molecule has 0 aliphatic carbocycles. The van der Waals surface area contributed by atoms with Crippen LogP contribution in [0.15, 0.2) is 40.2 Å². The number of hydrogen-bond donors (Lipinski definition) is 1. The summed E-state index contributed by atoms with van der Waals surface area (Å²) in [4.78, 5) is 9.76. The van der Waals surface area contributed by atoms with E-state index in [0.29, 0.717) is 30.3 Å². The van der Waals surface area contributed by atoms with Crippen LogP contribution >= 0.6 is 22.7 Å². The monoisotopic (exact) mass is 506 g/mol. The van der Waals surface area contributed by atoms with Gasteiger partial charge in [-0.3, -0.25) is 0 Å². The lowest BCUT2D eigenvalue weighted by atomic mass is 9.89. The molecule has 0 bridgehead atoms. The molecule has 33 heavy (non-hydrogen) atoms. The minimum Gasteiger partial charge on any atom is -0.379 e. The molecule has 2 atom stereocenters. The first-order valence-corrected chi connectivity index (χ1v) is 14.1. The highest BCUT2D eigenvalue weighted by atomic mass is 32.2. The molecule has 1 fully saturated rings. The molecule has 3 aromatic heterocycles. The van der Waals surface area contributed by atoms with Gasteiger partial charge in [0, 0.05) is 31.1 Å². The van der Waals surface area contributed by atoms with Crippen molar-refractivity contribution in [3.63, 3.8) is 0 Å². The normalized spacial score (nSPS) is 19.0. The number of nitrogens with zero attached hydrogens (tertiary/aromatic N) is 3. The number of aryl methyl sites for hydroxylation is 1. The van der Waals surface area contributed by atoms with Gasteiger partial charge in [0.25, 0.3) is 10.0 Å². The van der Waals surface area contributed by atoms with E-state index in [1.165, 1.54) is 11.3 Å². The number of thiophene rings is 2. The van der Waals surface area contributed by atoms with E-state index in [-0.39, 0.29) is 12.0 Å². The Bertz CT molecular complexity index is 1230. The fraction of sp³-hybridized carbons (Fsp3) is 0.478. The summed E-state index contributed by atoms with van der Waals surface area (Å²) in [7, 11) is -1.89. The Balaban J connectivity index is 1.41. The molecule has 1 aliphatic heterocycles. The van der Waals surface area contributed by atoms with Crippen LogP contribution in [-0.4, -0.2) is 48.9 Å². The van der Waals surface area contributed by atoms with Crippen LogP contribution < -0.4 is 5.32 Å². The van der Waals surface area contributed by atoms with E-state index >= 15 is 0 Å². The largest absolute Gasteiger partial charge is 0.379 e. The van der Waals surface area contributed by atoms with Crippen LogP contribution in [0.5, 0.6) is 0 Å². The number of methoxy groups -OCH3 is 1. The zero-order valence-electron chi connectivity index (χ0n) is 19.2. The van der Waals surface area contributed by atoms with Crippen molar-refractivity contribution in [3.05, 3.63) is 46.4 Å². The molecule has 0 aromatic carbocycles. The maximum absolute atomic E-state index is 13.2. The molecule has 10 heteroatoms. The van der Waals surface area contributed by atoms with Crippen molar-refractivity contribution in [1.82, 2.24) is 14.3 Å². The van der Waals surface area contributed by atoms with Crippen LogP contribution in [0.25, 0.3) is 10.2 Å². The van der Waals surface area contributed by atoms with E-state index in [1.807, 2.05) is 6.07 Å². The first kappa shape index (κ1) is 24.3. The average molecular weight is 507 g/mol. The molecule has 0 radical (unpaired) electrons. The van der Waals surface area contributed by atoms with E-state index in [4.69, 9.17) is 4.74 Å². The number of fused-ring (bicyclic) bond motifs is 1. The Labute approximate surface area is 203 Å². The summed E-state index contributed by atoms with van der Waals surface area (Å²) in [5, 5.41) is 5.65. The van der Waals surface area contributed by atoms with Gasteiger partial charge in [-0.2, -0.15) is 4.31 Å². The Kier molecular flexibility index (Phi) is 7.49. The molecule has 0 saturated carbocycles. The third-order valence-electron chi connectivity index (χ3n) is 6.06. The van der Waals surface area contributed by atoms with Gasteiger partial charge in [0.2, 0.25) is 0 Å². The molecule has 4 rings (SSSR count). The van der Waals surface area contributed by atoms with Crippen molar-refractivity contribution in [2.24, 2.45) is 5.92 Å². The predicted molar refractivity (Wildman–Crippen MR) is 136 cm³/mol. The summed E-state index contributed by atoms with van der Waals surface area (Å²) in [5.41, 5.74) is 3.27. The minimum absolute atomic E-state index is 0.171. The lowest BCUT2D eigenvalue weighted by Crippen LogP contribution is -2.31. The van der Waals surface area contributed by atoms with Crippen molar-refractivity contribution < 1.29 is 13.2 Å². The van der Waals surface area contributed by atoms with Gasteiger partial charge in [0.05, 0.1) is 16.8 Å². The second-order valence-electron chi connectivity index (χ2n) is 8.55. The third-order valence-corrected chi connectivity index (χ3v) is 10.6. The summed E-state index contributed by atoms with van der Waals surface area (Å²) in [6.45, 7) is 9.89. The molecule has 1 aliphatic rings. The van der Waals surface area contributed by atoms with Crippen LogP contribution in [0.2, 0.25) is 0 Å². The molecule has 1 N–H and O–H groups in total. The predicted octanol–water partition coefficient (Wildman–Crippen LogP) is 5.06. The zero-order valence-corrected chi connectivity index (χ0v) is 21.7. The summed E-state index contributed by atoms with van der Waals surface area (Å²) in [5.74, 6) is 1.11. The van der Waals surface area contributed by atoms with Crippen LogP contribution in [0.4, 0.5) is 5.82 Å². The second-order valence-corrected chi connectivity index (χ2v) is 12.8. The Morgan fingerprint density at radius 2 is 2.15 bits per heavy atom. The molecule has 0 amide bonds. The highest BCUT2D eigenvalue weighted by molar-refractivity contribution is 7.91. The number of ether oxygens (including phenoxy) is 1. The molecular formula is C23H30N4O3S3. The highest BCUT2D eigenvalue weighted by Gasteiger charge is 2.30. The van der Waals surface area contributed by atoms with Crippen molar-refractivity contribution in [1.29, 1.82) is 0 Å². The third kappa shape index (κ3) is 5.30. The smallest absolute Gasteiger partial charge is 0.252 e. The van der Waals surface area contributed by atoms with Gasteiger partial charge in [-0.05, 0) is 62.1 Å². The van der Waals surface area contributed by atoms with Crippen LogP contribution in [0.1, 0.15) is 36.6 Å². The molecule has 3 aromatic rings. The van der Waals surface area contributed by atoms with Gasteiger partial charge in [0.15, 0.2) is 0 Å². The quantitative estimate of drug-likeness (QED) is 0.430. The maximum Gasteiger partial charge on any atom is 0.252 e. The van der Waals surface area contributed by atoms with Crippen LogP contribution in [-0.2, 0) is 21.4 Å². The van der Waals surface area contributed by atoms with Crippen LogP contribution in [0, 0.1) is 12.8 Å². The fourth-order valence-electron chi connectivity index (χ4n) is 4.25. The second kappa shape index (κ2) is 10.2. The Morgan fingerprint density at radius 1 is 1.33 bits per heavy atom. The van der Waals surface area contributed by atoms with E-state index in [0.717, 1.165) is 44.9 Å². The molecule has 7 nitrogen and oxygen atoms in total. The minimum atomic E-state index is -3.50. The number of nitrogens with one attached hydrogen (secondary N) is 1. The van der Waals surface area contributed by atoms with E-state index < -0.39 is 10.0 Å². The fourth-order valence-corrected chi connectivity index (χ4v) is 8.14. The van der Waals surface area contributed by atoms with Gasteiger partial charge >= 0.3 is 0 Å². The topological polar surface area (TPSA) is 84.4 Å². The van der Waals surface area contributed by atoms with Crippen LogP contribution in [0.3, 0.4) is 0 Å². The molecule has 4 heterocycles. The number of sulfonamides is 1. The van der Waals surface area contributed by atoms with Gasteiger partial charge < -0.3 is 10.1 Å². The summed E-state index contributed by atoms with van der Waals surface area (Å²) in [6.07, 6.45) is 3.92. The average Bonchev–Trinajstić information content (AvgIpc) is 3.36. The lowest BCUT2D eigenvalue weighted by molar-refractivity contribution is 0.187. The number of rotatable bonds is 8. The number of anilines is 1. The van der Waals surface area contributed by atoms with Gasteiger partial charge in [-0.1, -0.05) is 12.2 Å². The first-order valence-electron chi connectivity index (χ1n) is 11.0. The van der Waals surface area contributed by atoms with Crippen molar-refractivity contribution >= 4 is 48.7 Å². The Morgan fingerprint density at radius 3 is 2.94 bits per heavy atom. The zero-order chi connectivity index (χ0) is 23.6. The van der Waals surface area contributed by atoms with Crippen molar-refractivity contribution in [2.45, 2.75) is 50.0 Å². The molecule has 178 valence electrons. The van der Waals surface area contributed by atoms with E-state index in [9.17, 15) is 8.42 Å². The molecule has 0 spiro atoms. The highest BCUT2D eigenvalue weighted by Crippen LogP contribution is 2.33. The SMILES string of the molecule is C=C1CCN(S(=O)(=O)c2ccc(COC)s2)CCC1C[C@H](C)Nc1ncnc2c(C)csc12. The molecule has 1 saturated heterocycles. The molecular weight excluding hydrogens is 476 g/mol. The molecule has 1 unspecified atom stereocenters. The maximum atomic E-state index is 13.2. The Hall–Kier alpha value is -1.85. The van der Waals surface area contributed by atoms with E-state index in [1.54, 1.807) is 35.1 Å². The number of aromatic nitrogens is 2. The van der Waals surface area contributed by atoms with Gasteiger partial charge in [-0.25, -0.2) is 18.4 Å². The van der Waals surface area contributed by atoms with Crippen molar-refractivity contribution in [2.75, 3.05) is 25.5 Å². The summed E-state index contributed by atoms with van der Waals surface area (Å²) >= 11 is 2.94. The van der Waals surface area contributed by atoms with Gasteiger partial charge in [0.1, 0.15) is 16.4 Å². The number of hydrogen-bond acceptors (Lipinski definition) is 8. The van der Waals surface area contributed by atoms with E-state index in [2.05, 4.69) is 41.1 Å². The lowest BCUT2D eigenvalue weighted by Gasteiger charge is -2.23. The first-order chi connectivity index (χ1) is 15.8. The summed E-state index contributed by atoms with van der Waals surface area (Å²) < 4.78 is 34.6. The van der Waals surface area contributed by atoms with Gasteiger partial charge in [-0.15, -0.1) is 22.7 Å². The summed E-state index contributed by atoms with van der Waals surface area (Å²) in [6, 6.07) is 3.68. The van der Waals surface area contributed by atoms with Crippen molar-refractivity contribution in [3.8, 4) is 0 Å².